The Morgan fingerprint density at radius 1 is 1.42 bits per heavy atom. The molecular formula is C14H19N3O2. The van der Waals surface area contributed by atoms with Crippen LogP contribution in [0.1, 0.15) is 24.4 Å². The molecule has 1 fully saturated rings. The highest BCUT2D eigenvalue weighted by molar-refractivity contribution is 5.73. The fraction of sp³-hybridized carbons (Fsp3) is 0.500. The van der Waals surface area contributed by atoms with Gasteiger partial charge in [0.05, 0.1) is 5.52 Å². The van der Waals surface area contributed by atoms with Gasteiger partial charge in [-0.05, 0) is 51.2 Å². The van der Waals surface area contributed by atoms with Gasteiger partial charge in [-0.3, -0.25) is 4.98 Å². The molecule has 1 aliphatic heterocycles. The molecule has 5 nitrogen and oxygen atoms in total. The van der Waals surface area contributed by atoms with Crippen molar-refractivity contribution in [1.29, 1.82) is 0 Å². The molecule has 1 aliphatic rings. The fourth-order valence-electron chi connectivity index (χ4n) is 3.02. The van der Waals surface area contributed by atoms with Crippen molar-refractivity contribution >= 4 is 11.1 Å². The van der Waals surface area contributed by atoms with E-state index in [-0.39, 0.29) is 0 Å². The summed E-state index contributed by atoms with van der Waals surface area (Å²) in [5.74, 6) is -0.396. The number of oxazole rings is 1. The second-order valence-corrected chi connectivity index (χ2v) is 5.38. The summed E-state index contributed by atoms with van der Waals surface area (Å²) in [4.78, 5) is 16.2. The minimum absolute atomic E-state index is 0.310. The topological polar surface area (TPSA) is 61.3 Å². The summed E-state index contributed by atoms with van der Waals surface area (Å²) in [5, 5.41) is 3.55. The maximum atomic E-state index is 11.2. The van der Waals surface area contributed by atoms with Crippen molar-refractivity contribution in [3.05, 3.63) is 34.3 Å². The second kappa shape index (κ2) is 4.83. The number of hydrogen-bond acceptors (Lipinski definition) is 4. The average molecular weight is 261 g/mol. The van der Waals surface area contributed by atoms with E-state index in [0.717, 1.165) is 12.1 Å². The number of benzene rings is 1. The van der Waals surface area contributed by atoms with Crippen molar-refractivity contribution in [1.82, 2.24) is 15.2 Å². The van der Waals surface area contributed by atoms with Gasteiger partial charge in [0.15, 0.2) is 5.58 Å². The Bertz CT molecular complexity index is 623. The third-order valence-electron chi connectivity index (χ3n) is 3.82. The number of aromatic amines is 1. The van der Waals surface area contributed by atoms with Crippen molar-refractivity contribution in [2.24, 2.45) is 0 Å². The number of likely N-dealkylation sites (N-methyl/N-ethyl adjacent to an activating group) is 1. The molecule has 5 heteroatoms. The normalized spacial score (nSPS) is 21.3. The van der Waals surface area contributed by atoms with Gasteiger partial charge in [0.25, 0.3) is 0 Å². The van der Waals surface area contributed by atoms with E-state index in [1.807, 2.05) is 18.2 Å². The van der Waals surface area contributed by atoms with E-state index in [1.54, 1.807) is 0 Å². The van der Waals surface area contributed by atoms with Crippen LogP contribution in [0.2, 0.25) is 0 Å². The highest BCUT2D eigenvalue weighted by Crippen LogP contribution is 2.28. The molecule has 1 saturated heterocycles. The van der Waals surface area contributed by atoms with E-state index in [4.69, 9.17) is 4.42 Å². The smallest absolute Gasteiger partial charge is 0.408 e. The summed E-state index contributed by atoms with van der Waals surface area (Å²) < 4.78 is 5.05. The number of nitrogens with one attached hydrogen (secondary N) is 2. The van der Waals surface area contributed by atoms with E-state index < -0.39 is 5.76 Å². The number of H-pyrrole nitrogens is 1. The third-order valence-corrected chi connectivity index (χ3v) is 3.82. The number of nitrogens with zero attached hydrogens (tertiary/aromatic N) is 1. The Labute approximate surface area is 111 Å². The van der Waals surface area contributed by atoms with Crippen molar-refractivity contribution in [2.45, 2.75) is 24.9 Å². The monoisotopic (exact) mass is 261 g/mol. The zero-order valence-electron chi connectivity index (χ0n) is 11.3. The van der Waals surface area contributed by atoms with Crippen LogP contribution in [0, 0.1) is 0 Å². The largest absolute Gasteiger partial charge is 0.417 e. The van der Waals surface area contributed by atoms with Crippen molar-refractivity contribution in [2.75, 3.05) is 20.6 Å². The number of hydrogen-bond donors (Lipinski definition) is 2. The molecule has 1 aromatic carbocycles. The van der Waals surface area contributed by atoms with Crippen LogP contribution in [-0.4, -0.2) is 36.6 Å². The van der Waals surface area contributed by atoms with Gasteiger partial charge in [-0.25, -0.2) is 4.79 Å². The molecule has 0 saturated carbocycles. The summed E-state index contributed by atoms with van der Waals surface area (Å²) in [6.07, 6.45) is 2.41. The first-order chi connectivity index (χ1) is 9.15. The summed E-state index contributed by atoms with van der Waals surface area (Å²) in [6.45, 7) is 1.08. The summed E-state index contributed by atoms with van der Waals surface area (Å²) in [6, 6.07) is 6.71. The lowest BCUT2D eigenvalue weighted by Gasteiger charge is -2.30. The maximum absolute atomic E-state index is 11.2. The van der Waals surface area contributed by atoms with Crippen molar-refractivity contribution < 1.29 is 4.42 Å². The van der Waals surface area contributed by atoms with Gasteiger partial charge in [-0.2, -0.15) is 0 Å². The van der Waals surface area contributed by atoms with E-state index in [1.165, 1.54) is 18.4 Å². The van der Waals surface area contributed by atoms with E-state index in [0.29, 0.717) is 17.7 Å². The lowest BCUT2D eigenvalue weighted by Crippen LogP contribution is -2.37. The molecule has 102 valence electrons. The zero-order chi connectivity index (χ0) is 13.4. The number of rotatable bonds is 3. The Balaban J connectivity index is 2.01. The van der Waals surface area contributed by atoms with Gasteiger partial charge >= 0.3 is 5.76 Å². The fourth-order valence-corrected chi connectivity index (χ4v) is 3.02. The highest BCUT2D eigenvalue weighted by Gasteiger charge is 2.27. The predicted octanol–water partition coefficient (Wildman–Crippen LogP) is 1.48. The first kappa shape index (κ1) is 12.4. The molecule has 0 aliphatic carbocycles. The van der Waals surface area contributed by atoms with E-state index in [2.05, 4.69) is 29.3 Å². The molecule has 0 radical (unpaired) electrons. The van der Waals surface area contributed by atoms with Crippen LogP contribution < -0.4 is 11.1 Å². The molecule has 2 aromatic rings. The minimum Gasteiger partial charge on any atom is -0.408 e. The van der Waals surface area contributed by atoms with Crippen LogP contribution in [0.4, 0.5) is 0 Å². The van der Waals surface area contributed by atoms with Crippen molar-refractivity contribution in [3.8, 4) is 0 Å². The van der Waals surface area contributed by atoms with Crippen LogP contribution in [0.25, 0.3) is 11.1 Å². The Kier molecular flexibility index (Phi) is 3.16. The molecule has 3 rings (SSSR count). The molecule has 0 spiro atoms. The summed E-state index contributed by atoms with van der Waals surface area (Å²) in [7, 11) is 4.18. The van der Waals surface area contributed by atoms with Crippen molar-refractivity contribution in [3.63, 3.8) is 0 Å². The quantitative estimate of drug-likeness (QED) is 0.878. The van der Waals surface area contributed by atoms with E-state index >= 15 is 0 Å². The lowest BCUT2D eigenvalue weighted by atomic mass is 9.97. The molecule has 19 heavy (non-hydrogen) atoms. The first-order valence-electron chi connectivity index (χ1n) is 6.68. The average Bonchev–Trinajstić information content (AvgIpc) is 2.96. The zero-order valence-corrected chi connectivity index (χ0v) is 11.3. The van der Waals surface area contributed by atoms with Crippen LogP contribution in [0.3, 0.4) is 0 Å². The molecular weight excluding hydrogens is 242 g/mol. The Morgan fingerprint density at radius 2 is 2.26 bits per heavy atom. The van der Waals surface area contributed by atoms with Gasteiger partial charge in [0, 0.05) is 12.1 Å². The third kappa shape index (κ3) is 2.31. The Hall–Kier alpha value is -1.59. The van der Waals surface area contributed by atoms with Crippen LogP contribution in [0.5, 0.6) is 0 Å². The van der Waals surface area contributed by atoms with Gasteiger partial charge in [0.1, 0.15) is 0 Å². The molecule has 2 atom stereocenters. The lowest BCUT2D eigenvalue weighted by molar-refractivity contribution is 0.244. The van der Waals surface area contributed by atoms with Gasteiger partial charge in [-0.15, -0.1) is 0 Å². The summed E-state index contributed by atoms with van der Waals surface area (Å²) in [5.41, 5.74) is 2.59. The summed E-state index contributed by atoms with van der Waals surface area (Å²) >= 11 is 0. The van der Waals surface area contributed by atoms with Crippen LogP contribution >= 0.6 is 0 Å². The predicted molar refractivity (Wildman–Crippen MR) is 74.3 cm³/mol. The van der Waals surface area contributed by atoms with Gasteiger partial charge < -0.3 is 14.6 Å². The van der Waals surface area contributed by atoms with E-state index in [9.17, 15) is 4.79 Å². The second-order valence-electron chi connectivity index (χ2n) is 5.38. The molecule has 0 bridgehead atoms. The molecule has 2 heterocycles. The molecule has 2 unspecified atom stereocenters. The molecule has 2 N–H and O–H groups in total. The maximum Gasteiger partial charge on any atom is 0.417 e. The van der Waals surface area contributed by atoms with Crippen LogP contribution in [0.15, 0.2) is 27.4 Å². The number of fused-ring (bicyclic) bond motifs is 1. The standard InChI is InChI=1S/C14H19N3O2/c1-17(2)13(10-4-3-7-15-10)9-5-6-12-11(8-9)16-14(18)19-12/h5-6,8,10,13,15H,3-4,7H2,1-2H3,(H,16,18). The van der Waals surface area contributed by atoms with Gasteiger partial charge in [-0.1, -0.05) is 6.07 Å². The molecule has 1 aromatic heterocycles. The minimum atomic E-state index is -0.396. The van der Waals surface area contributed by atoms with Gasteiger partial charge in [0.2, 0.25) is 0 Å². The SMILES string of the molecule is CN(C)C(c1ccc2oc(=O)[nH]c2c1)C1CCCN1. The Morgan fingerprint density at radius 3 is 2.95 bits per heavy atom. The first-order valence-corrected chi connectivity index (χ1v) is 6.68. The molecule has 0 amide bonds. The van der Waals surface area contributed by atoms with Crippen LogP contribution in [-0.2, 0) is 0 Å². The number of aromatic nitrogens is 1. The highest BCUT2D eigenvalue weighted by atomic mass is 16.4.